The fourth-order valence-corrected chi connectivity index (χ4v) is 3.42. The Morgan fingerprint density at radius 1 is 1.00 bits per heavy atom. The highest BCUT2D eigenvalue weighted by Gasteiger charge is 2.19. The van der Waals surface area contributed by atoms with Crippen molar-refractivity contribution in [2.45, 2.75) is 13.8 Å². The number of aromatic nitrogens is 1. The van der Waals surface area contributed by atoms with Crippen LogP contribution in [-0.2, 0) is 10.0 Å². The van der Waals surface area contributed by atoms with Crippen molar-refractivity contribution in [1.29, 1.82) is 0 Å². The van der Waals surface area contributed by atoms with Gasteiger partial charge in [-0.25, -0.2) is 21.6 Å². The number of ether oxygens (including phenoxy) is 1. The van der Waals surface area contributed by atoms with Crippen molar-refractivity contribution in [1.82, 2.24) is 4.98 Å². The zero-order valence-corrected chi connectivity index (χ0v) is 16.7. The lowest BCUT2D eigenvalue weighted by atomic mass is 10.0. The Hall–Kier alpha value is -3.27. The molecule has 0 amide bonds. The highest BCUT2D eigenvalue weighted by molar-refractivity contribution is 7.92. The summed E-state index contributed by atoms with van der Waals surface area (Å²) in [6.45, 7) is 2.90. The summed E-state index contributed by atoms with van der Waals surface area (Å²) in [7, 11) is -3.63. The van der Waals surface area contributed by atoms with Crippen LogP contribution in [0.2, 0.25) is 0 Å². The summed E-state index contributed by atoms with van der Waals surface area (Å²) in [5.41, 5.74) is -0.404. The lowest BCUT2D eigenvalue weighted by Gasteiger charge is -2.16. The Bertz CT molecular complexity index is 1250. The standard InChI is InChI=1S/C20H17F3N2O4S/c1-3-30(27,28)25-13-5-7-17(29-18-6-4-12(21)8-15(18)22)14(9-13)20-11(2)24-19(26)10-16(20)23/h4-10,25H,3H2,1-2H3,(H,24,26). The number of aryl methyl sites for hydroxylation is 1. The molecular weight excluding hydrogens is 421 g/mol. The number of anilines is 1. The molecule has 0 aliphatic heterocycles. The number of benzene rings is 2. The van der Waals surface area contributed by atoms with E-state index in [2.05, 4.69) is 9.71 Å². The van der Waals surface area contributed by atoms with Gasteiger partial charge in [-0.2, -0.15) is 0 Å². The van der Waals surface area contributed by atoms with E-state index in [1.807, 2.05) is 0 Å². The summed E-state index contributed by atoms with van der Waals surface area (Å²) in [5.74, 6) is -3.19. The molecule has 1 heterocycles. The maximum absolute atomic E-state index is 14.6. The van der Waals surface area contributed by atoms with Gasteiger partial charge in [-0.15, -0.1) is 0 Å². The Morgan fingerprint density at radius 3 is 2.33 bits per heavy atom. The number of H-pyrrole nitrogens is 1. The first-order valence-electron chi connectivity index (χ1n) is 8.77. The zero-order chi connectivity index (χ0) is 22.1. The third kappa shape index (κ3) is 4.65. The van der Waals surface area contributed by atoms with Crippen molar-refractivity contribution >= 4 is 15.7 Å². The van der Waals surface area contributed by atoms with Gasteiger partial charge in [0.25, 0.3) is 5.56 Å². The quantitative estimate of drug-likeness (QED) is 0.600. The molecule has 2 aromatic carbocycles. The topological polar surface area (TPSA) is 88.3 Å². The molecule has 0 unspecified atom stereocenters. The molecule has 30 heavy (non-hydrogen) atoms. The number of pyridine rings is 1. The lowest BCUT2D eigenvalue weighted by molar-refractivity contribution is 0.438. The highest BCUT2D eigenvalue weighted by Crippen LogP contribution is 2.38. The second kappa shape index (κ2) is 8.23. The monoisotopic (exact) mass is 438 g/mol. The predicted octanol–water partition coefficient (Wildman–Crippen LogP) is 4.32. The SMILES string of the molecule is CCS(=O)(=O)Nc1ccc(Oc2ccc(F)cc2F)c(-c2c(F)cc(=O)[nH]c2C)c1. The lowest BCUT2D eigenvalue weighted by Crippen LogP contribution is -2.14. The molecule has 2 N–H and O–H groups in total. The number of rotatable bonds is 6. The van der Waals surface area contributed by atoms with Gasteiger partial charge in [0.05, 0.1) is 5.75 Å². The average Bonchev–Trinajstić information content (AvgIpc) is 2.64. The van der Waals surface area contributed by atoms with Crippen LogP contribution in [0.3, 0.4) is 0 Å². The Kier molecular flexibility index (Phi) is 5.88. The zero-order valence-electron chi connectivity index (χ0n) is 15.9. The maximum Gasteiger partial charge on any atom is 0.251 e. The molecule has 3 rings (SSSR count). The summed E-state index contributed by atoms with van der Waals surface area (Å²) < 4.78 is 73.5. The van der Waals surface area contributed by atoms with E-state index < -0.39 is 33.0 Å². The van der Waals surface area contributed by atoms with Crippen LogP contribution >= 0.6 is 0 Å². The molecule has 0 atom stereocenters. The van der Waals surface area contributed by atoms with Crippen molar-refractivity contribution in [2.75, 3.05) is 10.5 Å². The van der Waals surface area contributed by atoms with Gasteiger partial charge < -0.3 is 9.72 Å². The summed E-state index contributed by atoms with van der Waals surface area (Å²) in [6, 6.07) is 7.39. The second-order valence-corrected chi connectivity index (χ2v) is 8.39. The van der Waals surface area contributed by atoms with Crippen LogP contribution in [0, 0.1) is 24.4 Å². The molecular formula is C20H17F3N2O4S. The molecule has 0 bridgehead atoms. The Balaban J connectivity index is 2.18. The van der Waals surface area contributed by atoms with Gasteiger partial charge in [0.1, 0.15) is 17.4 Å². The predicted molar refractivity (Wildman–Crippen MR) is 107 cm³/mol. The highest BCUT2D eigenvalue weighted by atomic mass is 32.2. The summed E-state index contributed by atoms with van der Waals surface area (Å²) in [5, 5.41) is 0. The molecule has 0 aliphatic carbocycles. The Labute approximate surface area is 170 Å². The fraction of sp³-hybridized carbons (Fsp3) is 0.150. The minimum atomic E-state index is -3.63. The minimum Gasteiger partial charge on any atom is -0.454 e. The first-order chi connectivity index (χ1) is 14.1. The maximum atomic E-state index is 14.6. The van der Waals surface area contributed by atoms with Crippen LogP contribution in [0.4, 0.5) is 18.9 Å². The van der Waals surface area contributed by atoms with E-state index in [0.717, 1.165) is 18.2 Å². The van der Waals surface area contributed by atoms with Crippen LogP contribution in [0.15, 0.2) is 47.3 Å². The first-order valence-corrected chi connectivity index (χ1v) is 10.4. The van der Waals surface area contributed by atoms with Crippen molar-refractivity contribution in [3.05, 3.63) is 76.0 Å². The molecule has 6 nitrogen and oxygen atoms in total. The number of nitrogens with one attached hydrogen (secondary N) is 2. The van der Waals surface area contributed by atoms with Crippen LogP contribution < -0.4 is 15.0 Å². The van der Waals surface area contributed by atoms with Crippen molar-refractivity contribution in [3.63, 3.8) is 0 Å². The number of hydrogen-bond donors (Lipinski definition) is 2. The van der Waals surface area contributed by atoms with Crippen LogP contribution in [-0.4, -0.2) is 19.2 Å². The first kappa shape index (κ1) is 21.4. The van der Waals surface area contributed by atoms with Gasteiger partial charge in [0.2, 0.25) is 10.0 Å². The normalized spacial score (nSPS) is 11.4. The number of halogens is 3. The summed E-state index contributed by atoms with van der Waals surface area (Å²) in [6.07, 6.45) is 0. The van der Waals surface area contributed by atoms with Crippen molar-refractivity contribution in [3.8, 4) is 22.6 Å². The molecule has 3 aromatic rings. The van der Waals surface area contributed by atoms with E-state index in [9.17, 15) is 26.4 Å². The van der Waals surface area contributed by atoms with E-state index in [0.29, 0.717) is 6.07 Å². The van der Waals surface area contributed by atoms with E-state index in [1.54, 1.807) is 0 Å². The molecule has 0 saturated heterocycles. The largest absolute Gasteiger partial charge is 0.454 e. The van der Waals surface area contributed by atoms with Gasteiger partial charge >= 0.3 is 0 Å². The van der Waals surface area contributed by atoms with Crippen LogP contribution in [0.25, 0.3) is 11.1 Å². The van der Waals surface area contributed by atoms with Crippen molar-refractivity contribution in [2.24, 2.45) is 0 Å². The second-order valence-electron chi connectivity index (χ2n) is 6.37. The Morgan fingerprint density at radius 2 is 1.70 bits per heavy atom. The van der Waals surface area contributed by atoms with E-state index in [4.69, 9.17) is 4.74 Å². The molecule has 1 aromatic heterocycles. The molecule has 10 heteroatoms. The number of sulfonamides is 1. The molecule has 0 fully saturated rings. The average molecular weight is 438 g/mol. The minimum absolute atomic E-state index is 0.0333. The molecule has 0 saturated carbocycles. The fourth-order valence-electron chi connectivity index (χ4n) is 2.79. The van der Waals surface area contributed by atoms with E-state index in [1.165, 1.54) is 32.0 Å². The van der Waals surface area contributed by atoms with Gasteiger partial charge in [-0.1, -0.05) is 0 Å². The van der Waals surface area contributed by atoms with E-state index >= 15 is 0 Å². The smallest absolute Gasteiger partial charge is 0.251 e. The van der Waals surface area contributed by atoms with Gasteiger partial charge in [0, 0.05) is 34.6 Å². The van der Waals surface area contributed by atoms with Crippen molar-refractivity contribution < 1.29 is 26.3 Å². The molecule has 0 spiro atoms. The van der Waals surface area contributed by atoms with Crippen LogP contribution in [0.1, 0.15) is 12.6 Å². The summed E-state index contributed by atoms with van der Waals surface area (Å²) in [4.78, 5) is 14.0. The molecule has 158 valence electrons. The molecule has 0 aliphatic rings. The van der Waals surface area contributed by atoms with Gasteiger partial charge in [-0.3, -0.25) is 9.52 Å². The third-order valence-electron chi connectivity index (χ3n) is 4.20. The molecule has 0 radical (unpaired) electrons. The number of aromatic amines is 1. The van der Waals surface area contributed by atoms with E-state index in [-0.39, 0.29) is 39.8 Å². The number of hydrogen-bond acceptors (Lipinski definition) is 4. The van der Waals surface area contributed by atoms with Gasteiger partial charge in [-0.05, 0) is 44.2 Å². The van der Waals surface area contributed by atoms with Gasteiger partial charge in [0.15, 0.2) is 11.6 Å². The van der Waals surface area contributed by atoms with Crippen LogP contribution in [0.5, 0.6) is 11.5 Å². The third-order valence-corrected chi connectivity index (χ3v) is 5.51. The summed E-state index contributed by atoms with van der Waals surface area (Å²) >= 11 is 0.